The number of aliphatic imine (C=N–C) groups is 1. The molecule has 0 radical (unpaired) electrons. The minimum atomic E-state index is 0.105. The molecule has 0 spiro atoms. The molecular weight excluding hydrogens is 144 g/mol. The molecule has 0 unspecified atom stereocenters. The van der Waals surface area contributed by atoms with E-state index in [-0.39, 0.29) is 6.61 Å². The summed E-state index contributed by atoms with van der Waals surface area (Å²) in [6, 6.07) is 0. The molecule has 0 fully saturated rings. The van der Waals surface area contributed by atoms with Gasteiger partial charge < -0.3 is 14.7 Å². The Balaban J connectivity index is 1.90. The van der Waals surface area contributed by atoms with Crippen molar-refractivity contribution in [1.82, 2.24) is 4.90 Å². The van der Waals surface area contributed by atoms with E-state index in [9.17, 15) is 0 Å². The fraction of sp³-hybridized carbons (Fsp3) is 0.857. The number of hydrogen-bond acceptors (Lipinski definition) is 4. The monoisotopic (exact) mass is 158 g/mol. The van der Waals surface area contributed by atoms with E-state index in [0.717, 1.165) is 19.6 Å². The second kappa shape index (κ2) is 5.09. The van der Waals surface area contributed by atoms with Crippen LogP contribution in [0, 0.1) is 0 Å². The molecule has 1 heterocycles. The minimum Gasteiger partial charge on any atom is -0.394 e. The van der Waals surface area contributed by atoms with Crippen molar-refractivity contribution in [3.8, 4) is 0 Å². The summed E-state index contributed by atoms with van der Waals surface area (Å²) >= 11 is 0. The molecule has 0 saturated carbocycles. The van der Waals surface area contributed by atoms with Crippen LogP contribution >= 0.6 is 0 Å². The van der Waals surface area contributed by atoms with Gasteiger partial charge in [-0.25, -0.2) is 0 Å². The smallest absolute Gasteiger partial charge is 0.0852 e. The molecule has 0 atom stereocenters. The standard InChI is InChI=1S/C7H14N2O2/c10-4-6-11-5-3-9-2-1-8-7-9/h7,10H,1-6H2. The lowest BCUT2D eigenvalue weighted by atomic mass is 10.5. The highest BCUT2D eigenvalue weighted by molar-refractivity contribution is 5.56. The van der Waals surface area contributed by atoms with Crippen LogP contribution in [-0.2, 0) is 4.74 Å². The van der Waals surface area contributed by atoms with Gasteiger partial charge in [0.05, 0.1) is 32.7 Å². The molecule has 0 aliphatic carbocycles. The van der Waals surface area contributed by atoms with Gasteiger partial charge in [0, 0.05) is 13.1 Å². The summed E-state index contributed by atoms with van der Waals surface area (Å²) in [6.45, 7) is 4.00. The first kappa shape index (κ1) is 8.49. The fourth-order valence-corrected chi connectivity index (χ4v) is 0.935. The van der Waals surface area contributed by atoms with Crippen LogP contribution < -0.4 is 0 Å². The molecule has 0 aromatic rings. The van der Waals surface area contributed by atoms with Crippen molar-refractivity contribution < 1.29 is 9.84 Å². The van der Waals surface area contributed by atoms with Gasteiger partial charge >= 0.3 is 0 Å². The van der Waals surface area contributed by atoms with Crippen molar-refractivity contribution in [2.24, 2.45) is 4.99 Å². The first-order valence-electron chi connectivity index (χ1n) is 3.86. The van der Waals surface area contributed by atoms with Crippen molar-refractivity contribution in [2.45, 2.75) is 0 Å². The third-order valence-corrected chi connectivity index (χ3v) is 1.52. The highest BCUT2D eigenvalue weighted by Gasteiger charge is 2.03. The molecule has 1 N–H and O–H groups in total. The average molecular weight is 158 g/mol. The van der Waals surface area contributed by atoms with Crippen LogP contribution in [0.4, 0.5) is 0 Å². The molecule has 0 aromatic carbocycles. The number of aliphatic hydroxyl groups excluding tert-OH is 1. The fourth-order valence-electron chi connectivity index (χ4n) is 0.935. The van der Waals surface area contributed by atoms with Crippen LogP contribution in [0.3, 0.4) is 0 Å². The molecule has 1 aliphatic heterocycles. The van der Waals surface area contributed by atoms with E-state index >= 15 is 0 Å². The quantitative estimate of drug-likeness (QED) is 0.540. The summed E-state index contributed by atoms with van der Waals surface area (Å²) in [5, 5.41) is 8.39. The van der Waals surface area contributed by atoms with Crippen LogP contribution in [0.2, 0.25) is 0 Å². The van der Waals surface area contributed by atoms with E-state index in [0.29, 0.717) is 13.2 Å². The van der Waals surface area contributed by atoms with E-state index in [4.69, 9.17) is 9.84 Å². The van der Waals surface area contributed by atoms with Gasteiger partial charge in [-0.2, -0.15) is 0 Å². The predicted octanol–water partition coefficient (Wildman–Crippen LogP) is -0.661. The highest BCUT2D eigenvalue weighted by atomic mass is 16.5. The lowest BCUT2D eigenvalue weighted by molar-refractivity contribution is 0.0857. The zero-order valence-electron chi connectivity index (χ0n) is 6.57. The summed E-state index contributed by atoms with van der Waals surface area (Å²) in [5.41, 5.74) is 0. The lowest BCUT2D eigenvalue weighted by Gasteiger charge is -2.12. The summed E-state index contributed by atoms with van der Waals surface area (Å²) in [7, 11) is 0. The van der Waals surface area contributed by atoms with Crippen molar-refractivity contribution >= 4 is 6.34 Å². The van der Waals surface area contributed by atoms with Gasteiger partial charge in [-0.3, -0.25) is 4.99 Å². The first-order valence-corrected chi connectivity index (χ1v) is 3.86. The summed E-state index contributed by atoms with van der Waals surface area (Å²) in [4.78, 5) is 6.17. The van der Waals surface area contributed by atoms with Crippen LogP contribution in [-0.4, -0.2) is 55.8 Å². The summed E-state index contributed by atoms with van der Waals surface area (Å²) in [5.74, 6) is 0. The normalized spacial score (nSPS) is 16.3. The van der Waals surface area contributed by atoms with E-state index in [2.05, 4.69) is 9.89 Å². The van der Waals surface area contributed by atoms with Gasteiger partial charge in [0.1, 0.15) is 0 Å². The largest absolute Gasteiger partial charge is 0.394 e. The molecule has 64 valence electrons. The van der Waals surface area contributed by atoms with Crippen molar-refractivity contribution in [3.05, 3.63) is 0 Å². The van der Waals surface area contributed by atoms with Crippen molar-refractivity contribution in [2.75, 3.05) is 39.5 Å². The SMILES string of the molecule is OCCOCCN1C=NCC1. The number of ether oxygens (including phenoxy) is 1. The van der Waals surface area contributed by atoms with E-state index in [1.807, 2.05) is 6.34 Å². The molecule has 1 aliphatic rings. The lowest BCUT2D eigenvalue weighted by Crippen LogP contribution is -2.24. The van der Waals surface area contributed by atoms with Crippen LogP contribution in [0.5, 0.6) is 0 Å². The third kappa shape index (κ3) is 3.34. The number of rotatable bonds is 5. The maximum Gasteiger partial charge on any atom is 0.0852 e. The van der Waals surface area contributed by atoms with Gasteiger partial charge in [-0.15, -0.1) is 0 Å². The molecule has 0 bridgehead atoms. The van der Waals surface area contributed by atoms with Gasteiger partial charge in [-0.1, -0.05) is 0 Å². The molecule has 1 rings (SSSR count). The summed E-state index contributed by atoms with van der Waals surface area (Å²) < 4.78 is 5.09. The molecule has 11 heavy (non-hydrogen) atoms. The Morgan fingerprint density at radius 3 is 3.09 bits per heavy atom. The molecule has 0 amide bonds. The summed E-state index contributed by atoms with van der Waals surface area (Å²) in [6.07, 6.45) is 1.85. The molecule has 4 heteroatoms. The maximum absolute atomic E-state index is 8.39. The van der Waals surface area contributed by atoms with Crippen LogP contribution in [0.15, 0.2) is 4.99 Å². The van der Waals surface area contributed by atoms with Gasteiger partial charge in [0.15, 0.2) is 0 Å². The minimum absolute atomic E-state index is 0.105. The number of nitrogens with zero attached hydrogens (tertiary/aromatic N) is 2. The Labute approximate surface area is 66.5 Å². The second-order valence-corrected chi connectivity index (χ2v) is 2.39. The average Bonchev–Trinajstić information content (AvgIpc) is 2.50. The number of aliphatic hydroxyl groups is 1. The third-order valence-electron chi connectivity index (χ3n) is 1.52. The maximum atomic E-state index is 8.39. The van der Waals surface area contributed by atoms with E-state index in [1.54, 1.807) is 0 Å². The zero-order valence-corrected chi connectivity index (χ0v) is 6.57. The van der Waals surface area contributed by atoms with Gasteiger partial charge in [0.2, 0.25) is 0 Å². The van der Waals surface area contributed by atoms with Crippen LogP contribution in [0.25, 0.3) is 0 Å². The van der Waals surface area contributed by atoms with Crippen molar-refractivity contribution in [1.29, 1.82) is 0 Å². The predicted molar refractivity (Wildman–Crippen MR) is 42.8 cm³/mol. The Bertz CT molecular complexity index is 128. The van der Waals surface area contributed by atoms with Gasteiger partial charge in [0.25, 0.3) is 0 Å². The van der Waals surface area contributed by atoms with Crippen molar-refractivity contribution in [3.63, 3.8) is 0 Å². The highest BCUT2D eigenvalue weighted by Crippen LogP contribution is 1.91. The van der Waals surface area contributed by atoms with Crippen LogP contribution in [0.1, 0.15) is 0 Å². The van der Waals surface area contributed by atoms with E-state index in [1.165, 1.54) is 0 Å². The molecule has 0 aromatic heterocycles. The zero-order chi connectivity index (χ0) is 7.94. The van der Waals surface area contributed by atoms with E-state index < -0.39 is 0 Å². The van der Waals surface area contributed by atoms with Gasteiger partial charge in [-0.05, 0) is 0 Å². The topological polar surface area (TPSA) is 45.1 Å². The molecule has 4 nitrogen and oxygen atoms in total. The Morgan fingerprint density at radius 2 is 2.45 bits per heavy atom. The molecular formula is C7H14N2O2. The Hall–Kier alpha value is -0.610. The first-order chi connectivity index (χ1) is 5.43. The number of hydrogen-bond donors (Lipinski definition) is 1. The Kier molecular flexibility index (Phi) is 3.93. The molecule has 0 saturated heterocycles. The Morgan fingerprint density at radius 1 is 1.55 bits per heavy atom. The second-order valence-electron chi connectivity index (χ2n) is 2.39.